The van der Waals surface area contributed by atoms with Gasteiger partial charge < -0.3 is 5.11 Å². The standard InChI is InChI=1S/C9H9BrF2O/c1-6(13)9(11,12)7-3-2-4-8(10)5-7/h2-6,13H,1H3. The van der Waals surface area contributed by atoms with E-state index in [4.69, 9.17) is 5.11 Å². The van der Waals surface area contributed by atoms with E-state index in [0.717, 1.165) is 6.92 Å². The Labute approximate surface area is 83.5 Å². The molecule has 1 nitrogen and oxygen atoms in total. The van der Waals surface area contributed by atoms with Crippen molar-refractivity contribution in [3.05, 3.63) is 34.3 Å². The zero-order valence-corrected chi connectivity index (χ0v) is 8.55. The van der Waals surface area contributed by atoms with Gasteiger partial charge in [0.25, 0.3) is 5.92 Å². The fourth-order valence-corrected chi connectivity index (χ4v) is 1.34. The molecule has 0 heterocycles. The van der Waals surface area contributed by atoms with Crippen LogP contribution in [0.15, 0.2) is 28.7 Å². The minimum atomic E-state index is -3.19. The number of hydrogen-bond donors (Lipinski definition) is 1. The lowest BCUT2D eigenvalue weighted by Crippen LogP contribution is -2.27. The van der Waals surface area contributed by atoms with Crippen molar-refractivity contribution in [1.82, 2.24) is 0 Å². The van der Waals surface area contributed by atoms with Gasteiger partial charge in [-0.15, -0.1) is 0 Å². The molecule has 1 rings (SSSR count). The van der Waals surface area contributed by atoms with Crippen LogP contribution in [0.2, 0.25) is 0 Å². The van der Waals surface area contributed by atoms with Crippen LogP contribution in [0.5, 0.6) is 0 Å². The molecule has 0 saturated carbocycles. The third-order valence-electron chi connectivity index (χ3n) is 1.73. The fourth-order valence-electron chi connectivity index (χ4n) is 0.937. The maximum Gasteiger partial charge on any atom is 0.298 e. The third-order valence-corrected chi connectivity index (χ3v) is 2.23. The Balaban J connectivity index is 3.07. The molecule has 0 bridgehead atoms. The van der Waals surface area contributed by atoms with Crippen molar-refractivity contribution in [3.8, 4) is 0 Å². The van der Waals surface area contributed by atoms with Crippen LogP contribution < -0.4 is 0 Å². The van der Waals surface area contributed by atoms with Gasteiger partial charge in [-0.25, -0.2) is 0 Å². The first-order chi connectivity index (χ1) is 5.94. The van der Waals surface area contributed by atoms with E-state index < -0.39 is 12.0 Å². The van der Waals surface area contributed by atoms with E-state index in [2.05, 4.69) is 15.9 Å². The van der Waals surface area contributed by atoms with Gasteiger partial charge in [-0.1, -0.05) is 28.1 Å². The topological polar surface area (TPSA) is 20.2 Å². The molecule has 1 aromatic rings. The van der Waals surface area contributed by atoms with Crippen LogP contribution >= 0.6 is 15.9 Å². The molecule has 0 saturated heterocycles. The summed E-state index contributed by atoms with van der Waals surface area (Å²) in [6.07, 6.45) is -1.68. The van der Waals surface area contributed by atoms with Gasteiger partial charge in [0.1, 0.15) is 6.10 Å². The number of aliphatic hydroxyl groups is 1. The van der Waals surface area contributed by atoms with Gasteiger partial charge in [-0.2, -0.15) is 8.78 Å². The van der Waals surface area contributed by atoms with Gasteiger partial charge in [-0.05, 0) is 19.1 Å². The Hall–Kier alpha value is -0.480. The highest BCUT2D eigenvalue weighted by atomic mass is 79.9. The summed E-state index contributed by atoms with van der Waals surface area (Å²) in [6, 6.07) is 5.75. The molecule has 0 fully saturated rings. The molecule has 1 N–H and O–H groups in total. The summed E-state index contributed by atoms with van der Waals surface area (Å²) in [4.78, 5) is 0. The minimum absolute atomic E-state index is 0.183. The molecule has 0 aliphatic rings. The van der Waals surface area contributed by atoms with E-state index in [9.17, 15) is 8.78 Å². The zero-order chi connectivity index (χ0) is 10.1. The highest BCUT2D eigenvalue weighted by Crippen LogP contribution is 2.32. The first-order valence-corrected chi connectivity index (χ1v) is 4.56. The lowest BCUT2D eigenvalue weighted by molar-refractivity contribution is -0.106. The molecule has 0 aromatic heterocycles. The van der Waals surface area contributed by atoms with Crippen LogP contribution in [-0.2, 0) is 5.92 Å². The molecule has 1 aromatic carbocycles. The lowest BCUT2D eigenvalue weighted by Gasteiger charge is -2.19. The number of halogens is 3. The Kier molecular flexibility index (Phi) is 3.03. The van der Waals surface area contributed by atoms with Gasteiger partial charge >= 0.3 is 0 Å². The van der Waals surface area contributed by atoms with Crippen LogP contribution in [0.25, 0.3) is 0 Å². The summed E-state index contributed by atoms with van der Waals surface area (Å²) in [5.41, 5.74) is -0.183. The van der Waals surface area contributed by atoms with E-state index in [-0.39, 0.29) is 5.56 Å². The largest absolute Gasteiger partial charge is 0.387 e. The van der Waals surface area contributed by atoms with Crippen LogP contribution in [0.1, 0.15) is 12.5 Å². The number of alkyl halides is 2. The molecule has 72 valence electrons. The lowest BCUT2D eigenvalue weighted by atomic mass is 10.0. The molecule has 4 heteroatoms. The molecule has 0 spiro atoms. The number of hydrogen-bond acceptors (Lipinski definition) is 1. The van der Waals surface area contributed by atoms with Crippen LogP contribution in [-0.4, -0.2) is 11.2 Å². The first kappa shape index (κ1) is 10.6. The maximum atomic E-state index is 13.2. The summed E-state index contributed by atoms with van der Waals surface area (Å²) in [5, 5.41) is 8.86. The summed E-state index contributed by atoms with van der Waals surface area (Å²) in [7, 11) is 0. The van der Waals surface area contributed by atoms with E-state index in [1.54, 1.807) is 6.07 Å². The van der Waals surface area contributed by atoms with Gasteiger partial charge in [-0.3, -0.25) is 0 Å². The second kappa shape index (κ2) is 3.72. The Bertz CT molecular complexity index is 299. The summed E-state index contributed by atoms with van der Waals surface area (Å²) < 4.78 is 26.9. The highest BCUT2D eigenvalue weighted by Gasteiger charge is 2.37. The van der Waals surface area contributed by atoms with E-state index in [0.29, 0.717) is 4.47 Å². The molecule has 0 radical (unpaired) electrons. The van der Waals surface area contributed by atoms with Crippen LogP contribution in [0.4, 0.5) is 8.78 Å². The number of benzene rings is 1. The predicted octanol–water partition coefficient (Wildman–Crippen LogP) is 2.92. The zero-order valence-electron chi connectivity index (χ0n) is 6.97. The van der Waals surface area contributed by atoms with Crippen molar-refractivity contribution in [2.45, 2.75) is 19.0 Å². The first-order valence-electron chi connectivity index (χ1n) is 3.76. The second-order valence-corrected chi connectivity index (χ2v) is 3.72. The smallest absolute Gasteiger partial charge is 0.298 e. The quantitative estimate of drug-likeness (QED) is 0.856. The molecule has 0 aliphatic carbocycles. The van der Waals surface area contributed by atoms with E-state index >= 15 is 0 Å². The average Bonchev–Trinajstić information content (AvgIpc) is 2.04. The predicted molar refractivity (Wildman–Crippen MR) is 49.7 cm³/mol. The molecule has 1 atom stereocenters. The fraction of sp³-hybridized carbons (Fsp3) is 0.333. The molecule has 0 aliphatic heterocycles. The highest BCUT2D eigenvalue weighted by molar-refractivity contribution is 9.10. The van der Waals surface area contributed by atoms with Crippen molar-refractivity contribution in [2.75, 3.05) is 0 Å². The van der Waals surface area contributed by atoms with E-state index in [1.165, 1.54) is 18.2 Å². The Morgan fingerprint density at radius 3 is 2.54 bits per heavy atom. The summed E-state index contributed by atoms with van der Waals surface area (Å²) in [6.45, 7) is 1.07. The molecule has 13 heavy (non-hydrogen) atoms. The SMILES string of the molecule is CC(O)C(F)(F)c1cccc(Br)c1. The molecular formula is C9H9BrF2O. The number of aliphatic hydroxyl groups excluding tert-OH is 1. The Morgan fingerprint density at radius 2 is 2.08 bits per heavy atom. The molecule has 0 amide bonds. The molecular weight excluding hydrogens is 242 g/mol. The van der Waals surface area contributed by atoms with Crippen molar-refractivity contribution in [3.63, 3.8) is 0 Å². The van der Waals surface area contributed by atoms with Gasteiger partial charge in [0.15, 0.2) is 0 Å². The molecule has 1 unspecified atom stereocenters. The van der Waals surface area contributed by atoms with Crippen LogP contribution in [0.3, 0.4) is 0 Å². The second-order valence-electron chi connectivity index (χ2n) is 2.81. The Morgan fingerprint density at radius 1 is 1.46 bits per heavy atom. The van der Waals surface area contributed by atoms with Gasteiger partial charge in [0.05, 0.1) is 0 Å². The average molecular weight is 251 g/mol. The van der Waals surface area contributed by atoms with Crippen molar-refractivity contribution >= 4 is 15.9 Å². The third kappa shape index (κ3) is 2.25. The minimum Gasteiger partial charge on any atom is -0.387 e. The summed E-state index contributed by atoms with van der Waals surface area (Å²) >= 11 is 3.09. The maximum absolute atomic E-state index is 13.2. The van der Waals surface area contributed by atoms with Gasteiger partial charge in [0.2, 0.25) is 0 Å². The van der Waals surface area contributed by atoms with Crippen molar-refractivity contribution < 1.29 is 13.9 Å². The summed E-state index contributed by atoms with van der Waals surface area (Å²) in [5.74, 6) is -3.19. The van der Waals surface area contributed by atoms with Crippen LogP contribution in [0, 0.1) is 0 Å². The van der Waals surface area contributed by atoms with E-state index in [1.807, 2.05) is 0 Å². The monoisotopic (exact) mass is 250 g/mol. The normalized spacial score (nSPS) is 14.2. The van der Waals surface area contributed by atoms with Gasteiger partial charge in [0, 0.05) is 10.0 Å². The van der Waals surface area contributed by atoms with Crippen molar-refractivity contribution in [1.29, 1.82) is 0 Å². The van der Waals surface area contributed by atoms with Crippen molar-refractivity contribution in [2.24, 2.45) is 0 Å². The number of rotatable bonds is 2.